The molecule has 3 rings (SSSR count). The van der Waals surface area contributed by atoms with Gasteiger partial charge in [-0.1, -0.05) is 48.5 Å². The van der Waals surface area contributed by atoms with E-state index in [-0.39, 0.29) is 6.54 Å². The summed E-state index contributed by atoms with van der Waals surface area (Å²) in [5.41, 5.74) is 1.91. The monoisotopic (exact) mass is 390 g/mol. The highest BCUT2D eigenvalue weighted by Gasteiger charge is 2.24. The van der Waals surface area contributed by atoms with Crippen LogP contribution in [0.15, 0.2) is 78.9 Å². The summed E-state index contributed by atoms with van der Waals surface area (Å²) in [6, 6.07) is 23.6. The second-order valence-electron chi connectivity index (χ2n) is 6.23. The Labute approximate surface area is 169 Å². The zero-order valence-corrected chi connectivity index (χ0v) is 16.3. The first-order chi connectivity index (χ1) is 14.1. The van der Waals surface area contributed by atoms with E-state index in [2.05, 4.69) is 5.32 Å². The van der Waals surface area contributed by atoms with Crippen LogP contribution in [0.5, 0.6) is 11.5 Å². The molecule has 2 amide bonds. The normalized spacial score (nSPS) is 10.1. The second-order valence-corrected chi connectivity index (χ2v) is 6.23. The summed E-state index contributed by atoms with van der Waals surface area (Å²) in [6.07, 6.45) is 0. The predicted octanol–water partition coefficient (Wildman–Crippen LogP) is 3.88. The molecule has 0 spiro atoms. The third-order valence-electron chi connectivity index (χ3n) is 4.35. The number of carbonyl (C=O) groups is 2. The molecule has 0 heterocycles. The number of nitrogens with one attached hydrogen (secondary N) is 1. The molecule has 6 nitrogen and oxygen atoms in total. The minimum Gasteiger partial charge on any atom is -0.497 e. The molecule has 0 saturated heterocycles. The first-order valence-corrected chi connectivity index (χ1v) is 9.06. The Morgan fingerprint density at radius 2 is 1.52 bits per heavy atom. The second kappa shape index (κ2) is 9.41. The van der Waals surface area contributed by atoms with E-state index in [1.54, 1.807) is 30.3 Å². The molecule has 148 valence electrons. The molecule has 0 aliphatic heterocycles. The number of hydrogen-bond acceptors (Lipinski definition) is 4. The minimum atomic E-state index is -0.767. The average molecular weight is 390 g/mol. The maximum atomic E-state index is 13.0. The Bertz CT molecular complexity index is 975. The van der Waals surface area contributed by atoms with E-state index in [0.29, 0.717) is 22.9 Å². The molecule has 1 N–H and O–H groups in total. The van der Waals surface area contributed by atoms with Crippen molar-refractivity contribution in [1.29, 1.82) is 0 Å². The number of hydrogen-bond donors (Lipinski definition) is 1. The quantitative estimate of drug-likeness (QED) is 0.649. The standard InChI is InChI=1S/C23H22N2O4/c1-28-19-13-14-21(29-2)20(15-19)24-22(26)23(27)25(18-11-7-4-8-12-18)16-17-9-5-3-6-10-17/h3-15H,16H2,1-2H3,(H,24,26). The van der Waals surface area contributed by atoms with E-state index in [1.807, 2.05) is 48.5 Å². The summed E-state index contributed by atoms with van der Waals surface area (Å²) in [5.74, 6) is -0.472. The average Bonchev–Trinajstić information content (AvgIpc) is 2.78. The summed E-state index contributed by atoms with van der Waals surface area (Å²) >= 11 is 0. The van der Waals surface area contributed by atoms with Gasteiger partial charge in [0.2, 0.25) is 0 Å². The molecular weight excluding hydrogens is 368 g/mol. The number of carbonyl (C=O) groups excluding carboxylic acids is 2. The summed E-state index contributed by atoms with van der Waals surface area (Å²) in [4.78, 5) is 27.3. The lowest BCUT2D eigenvalue weighted by Gasteiger charge is -2.22. The van der Waals surface area contributed by atoms with E-state index < -0.39 is 11.8 Å². The van der Waals surface area contributed by atoms with Gasteiger partial charge >= 0.3 is 11.8 Å². The van der Waals surface area contributed by atoms with Gasteiger partial charge in [0.15, 0.2) is 0 Å². The van der Waals surface area contributed by atoms with Crippen molar-refractivity contribution in [1.82, 2.24) is 0 Å². The summed E-state index contributed by atoms with van der Waals surface area (Å²) in [6.45, 7) is 0.270. The lowest BCUT2D eigenvalue weighted by Crippen LogP contribution is -2.39. The summed E-state index contributed by atoms with van der Waals surface area (Å²) < 4.78 is 10.5. The lowest BCUT2D eigenvalue weighted by atomic mass is 10.2. The maximum absolute atomic E-state index is 13.0. The molecule has 29 heavy (non-hydrogen) atoms. The van der Waals surface area contributed by atoms with Crippen LogP contribution in [0.25, 0.3) is 0 Å². The Balaban J connectivity index is 1.86. The first-order valence-electron chi connectivity index (χ1n) is 9.06. The molecule has 0 fully saturated rings. The van der Waals surface area contributed by atoms with Crippen molar-refractivity contribution in [2.24, 2.45) is 0 Å². The van der Waals surface area contributed by atoms with Gasteiger partial charge in [-0.2, -0.15) is 0 Å². The highest BCUT2D eigenvalue weighted by Crippen LogP contribution is 2.29. The van der Waals surface area contributed by atoms with Crippen molar-refractivity contribution in [2.45, 2.75) is 6.54 Å². The zero-order valence-electron chi connectivity index (χ0n) is 16.3. The molecule has 0 aromatic heterocycles. The van der Waals surface area contributed by atoms with E-state index in [9.17, 15) is 9.59 Å². The molecule has 0 atom stereocenters. The van der Waals surface area contributed by atoms with Crippen molar-refractivity contribution < 1.29 is 19.1 Å². The molecule has 0 aliphatic rings. The predicted molar refractivity (Wildman–Crippen MR) is 112 cm³/mol. The Hall–Kier alpha value is -3.80. The number of rotatable bonds is 6. The van der Waals surface area contributed by atoms with Crippen molar-refractivity contribution in [3.8, 4) is 11.5 Å². The fourth-order valence-electron chi connectivity index (χ4n) is 2.86. The Morgan fingerprint density at radius 3 is 2.14 bits per heavy atom. The number of methoxy groups -OCH3 is 2. The number of benzene rings is 3. The van der Waals surface area contributed by atoms with Crippen LogP contribution in [0.3, 0.4) is 0 Å². The van der Waals surface area contributed by atoms with Gasteiger partial charge < -0.3 is 14.8 Å². The molecule has 0 bridgehead atoms. The first kappa shape index (κ1) is 19.9. The van der Waals surface area contributed by atoms with E-state index in [4.69, 9.17) is 9.47 Å². The molecule has 0 aliphatic carbocycles. The van der Waals surface area contributed by atoms with Gasteiger partial charge in [0.1, 0.15) is 11.5 Å². The zero-order chi connectivity index (χ0) is 20.6. The van der Waals surface area contributed by atoms with Crippen molar-refractivity contribution in [3.63, 3.8) is 0 Å². The number of para-hydroxylation sites is 1. The number of nitrogens with zero attached hydrogens (tertiary/aromatic N) is 1. The third kappa shape index (κ3) is 4.93. The maximum Gasteiger partial charge on any atom is 0.316 e. The van der Waals surface area contributed by atoms with E-state index in [1.165, 1.54) is 19.1 Å². The Morgan fingerprint density at radius 1 is 0.862 bits per heavy atom. The van der Waals surface area contributed by atoms with Crippen molar-refractivity contribution in [2.75, 3.05) is 24.4 Å². The van der Waals surface area contributed by atoms with Crippen LogP contribution >= 0.6 is 0 Å². The molecule has 0 unspecified atom stereocenters. The van der Waals surface area contributed by atoms with Crippen molar-refractivity contribution in [3.05, 3.63) is 84.4 Å². The van der Waals surface area contributed by atoms with E-state index in [0.717, 1.165) is 5.56 Å². The van der Waals surface area contributed by atoms with Gasteiger partial charge in [-0.25, -0.2) is 0 Å². The van der Waals surface area contributed by atoms with Gasteiger partial charge in [0, 0.05) is 11.8 Å². The van der Waals surface area contributed by atoms with E-state index >= 15 is 0 Å². The highest BCUT2D eigenvalue weighted by atomic mass is 16.5. The van der Waals surface area contributed by atoms with Crippen LogP contribution in [0.2, 0.25) is 0 Å². The third-order valence-corrected chi connectivity index (χ3v) is 4.35. The lowest BCUT2D eigenvalue weighted by molar-refractivity contribution is -0.134. The van der Waals surface area contributed by atoms with Crippen LogP contribution in [0, 0.1) is 0 Å². The van der Waals surface area contributed by atoms with Crippen LogP contribution in [-0.2, 0) is 16.1 Å². The number of amides is 2. The van der Waals surface area contributed by atoms with Gasteiger partial charge in [-0.15, -0.1) is 0 Å². The molecule has 0 saturated carbocycles. The van der Waals surface area contributed by atoms with Gasteiger partial charge in [0.25, 0.3) is 0 Å². The molecule has 3 aromatic carbocycles. The smallest absolute Gasteiger partial charge is 0.316 e. The highest BCUT2D eigenvalue weighted by molar-refractivity contribution is 6.44. The number of ether oxygens (including phenoxy) is 2. The topological polar surface area (TPSA) is 67.9 Å². The van der Waals surface area contributed by atoms with Crippen LogP contribution in [-0.4, -0.2) is 26.0 Å². The number of anilines is 2. The minimum absolute atomic E-state index is 0.270. The summed E-state index contributed by atoms with van der Waals surface area (Å²) in [7, 11) is 3.01. The van der Waals surface area contributed by atoms with Crippen LogP contribution in [0.4, 0.5) is 11.4 Å². The molecule has 6 heteroatoms. The SMILES string of the molecule is COc1ccc(OC)c(NC(=O)C(=O)N(Cc2ccccc2)c2ccccc2)c1. The molecule has 0 radical (unpaired) electrons. The fourth-order valence-corrected chi connectivity index (χ4v) is 2.86. The van der Waals surface area contributed by atoms with Gasteiger partial charge in [0.05, 0.1) is 26.5 Å². The molecular formula is C23H22N2O4. The van der Waals surface area contributed by atoms with Crippen LogP contribution < -0.4 is 19.7 Å². The Kier molecular flexibility index (Phi) is 6.47. The largest absolute Gasteiger partial charge is 0.497 e. The fraction of sp³-hybridized carbons (Fsp3) is 0.130. The summed E-state index contributed by atoms with van der Waals surface area (Å²) in [5, 5.41) is 2.64. The van der Waals surface area contributed by atoms with Gasteiger partial charge in [-0.3, -0.25) is 14.5 Å². The van der Waals surface area contributed by atoms with Crippen LogP contribution in [0.1, 0.15) is 5.56 Å². The van der Waals surface area contributed by atoms with Crippen molar-refractivity contribution >= 4 is 23.2 Å². The van der Waals surface area contributed by atoms with Gasteiger partial charge in [-0.05, 0) is 29.8 Å². The molecule has 3 aromatic rings.